The van der Waals surface area contributed by atoms with Crippen molar-refractivity contribution < 1.29 is 19.7 Å². The summed E-state index contributed by atoms with van der Waals surface area (Å²) in [4.78, 5) is 13.4. The van der Waals surface area contributed by atoms with Gasteiger partial charge in [0.15, 0.2) is 0 Å². The Hall–Kier alpha value is -1.59. The van der Waals surface area contributed by atoms with Crippen LogP contribution in [0.25, 0.3) is 0 Å². The molecule has 2 N–H and O–H groups in total. The Kier molecular flexibility index (Phi) is 3.78. The minimum atomic E-state index is -0.961. The highest BCUT2D eigenvalue weighted by molar-refractivity contribution is 5.69. The number of benzene rings is 1. The summed E-state index contributed by atoms with van der Waals surface area (Å²) >= 11 is 0. The number of carbonyl (C=O) groups excluding carboxylic acids is 1. The molecule has 1 aliphatic heterocycles. The Bertz CT molecular complexity index is 446. The molecule has 1 aromatic rings. The molecule has 1 aliphatic rings. The lowest BCUT2D eigenvalue weighted by molar-refractivity contribution is 0.00502. The maximum absolute atomic E-state index is 12.0. The highest BCUT2D eigenvalue weighted by Gasteiger charge is 2.49. The molecule has 1 amide bonds. The molecule has 2 rings (SSSR count). The molecule has 0 spiro atoms. The summed E-state index contributed by atoms with van der Waals surface area (Å²) in [5.41, 5.74) is 0.0710. The predicted molar refractivity (Wildman–Crippen MR) is 69.4 cm³/mol. The van der Waals surface area contributed by atoms with E-state index in [4.69, 9.17) is 4.74 Å². The van der Waals surface area contributed by atoms with Gasteiger partial charge in [0.1, 0.15) is 12.7 Å². The second kappa shape index (κ2) is 5.19. The monoisotopic (exact) mass is 265 g/mol. The molecular weight excluding hydrogens is 246 g/mol. The van der Waals surface area contributed by atoms with E-state index in [-0.39, 0.29) is 13.2 Å². The van der Waals surface area contributed by atoms with Gasteiger partial charge in [-0.15, -0.1) is 0 Å². The van der Waals surface area contributed by atoms with E-state index < -0.39 is 23.8 Å². The molecule has 0 aliphatic carbocycles. The third kappa shape index (κ3) is 2.72. The van der Waals surface area contributed by atoms with E-state index in [9.17, 15) is 15.0 Å². The zero-order chi connectivity index (χ0) is 14.0. The fraction of sp³-hybridized carbons (Fsp3) is 0.500. The third-order valence-electron chi connectivity index (χ3n) is 3.58. The molecule has 5 nitrogen and oxygen atoms in total. The van der Waals surface area contributed by atoms with Crippen molar-refractivity contribution >= 4 is 6.09 Å². The van der Waals surface area contributed by atoms with Gasteiger partial charge >= 0.3 is 6.09 Å². The van der Waals surface area contributed by atoms with Crippen LogP contribution in [0.2, 0.25) is 0 Å². The SMILES string of the molecule is CC1(C)[C@@H](O)[C@@H](O)CN1C(=O)OCc1ccccc1. The maximum atomic E-state index is 12.0. The van der Waals surface area contributed by atoms with Gasteiger partial charge in [-0.1, -0.05) is 30.3 Å². The lowest BCUT2D eigenvalue weighted by atomic mass is 9.98. The number of hydrogen-bond donors (Lipinski definition) is 2. The highest BCUT2D eigenvalue weighted by Crippen LogP contribution is 2.29. The minimum absolute atomic E-state index is 0.0851. The van der Waals surface area contributed by atoms with Crippen LogP contribution in [-0.2, 0) is 11.3 Å². The summed E-state index contributed by atoms with van der Waals surface area (Å²) in [7, 11) is 0. The van der Waals surface area contributed by atoms with E-state index in [1.807, 2.05) is 30.3 Å². The van der Waals surface area contributed by atoms with E-state index in [1.54, 1.807) is 13.8 Å². The summed E-state index contributed by atoms with van der Waals surface area (Å²) in [6.45, 7) is 3.68. The fourth-order valence-electron chi connectivity index (χ4n) is 2.26. The normalized spacial score (nSPS) is 25.4. The quantitative estimate of drug-likeness (QED) is 0.841. The van der Waals surface area contributed by atoms with Crippen molar-refractivity contribution in [3.8, 4) is 0 Å². The second-order valence-corrected chi connectivity index (χ2v) is 5.32. The van der Waals surface area contributed by atoms with Gasteiger partial charge in [-0.25, -0.2) is 4.79 Å². The third-order valence-corrected chi connectivity index (χ3v) is 3.58. The molecule has 1 aromatic carbocycles. The number of hydrogen-bond acceptors (Lipinski definition) is 4. The highest BCUT2D eigenvalue weighted by atomic mass is 16.6. The molecule has 0 radical (unpaired) electrons. The summed E-state index contributed by atoms with van der Waals surface area (Å²) in [6, 6.07) is 9.37. The number of β-amino-alcohol motifs (C(OH)–C–C–N with tert-alkyl or cyclic N) is 1. The first-order chi connectivity index (χ1) is 8.93. The van der Waals surface area contributed by atoms with Gasteiger partial charge in [0.05, 0.1) is 18.2 Å². The van der Waals surface area contributed by atoms with Gasteiger partial charge in [0, 0.05) is 0 Å². The van der Waals surface area contributed by atoms with Gasteiger partial charge in [-0.3, -0.25) is 4.90 Å². The molecule has 0 bridgehead atoms. The Balaban J connectivity index is 1.97. The number of likely N-dealkylation sites (tertiary alicyclic amines) is 1. The summed E-state index contributed by atoms with van der Waals surface area (Å²) in [5.74, 6) is 0. The molecule has 1 saturated heterocycles. The van der Waals surface area contributed by atoms with Crippen molar-refractivity contribution in [1.82, 2.24) is 4.90 Å². The lowest BCUT2D eigenvalue weighted by Crippen LogP contribution is -2.48. The largest absolute Gasteiger partial charge is 0.445 e. The van der Waals surface area contributed by atoms with Crippen molar-refractivity contribution in [2.24, 2.45) is 0 Å². The lowest BCUT2D eigenvalue weighted by Gasteiger charge is -2.32. The molecule has 1 fully saturated rings. The zero-order valence-electron chi connectivity index (χ0n) is 11.1. The Morgan fingerprint density at radius 2 is 2.00 bits per heavy atom. The number of rotatable bonds is 2. The molecule has 19 heavy (non-hydrogen) atoms. The number of ether oxygens (including phenoxy) is 1. The number of carbonyl (C=O) groups is 1. The first kappa shape index (κ1) is 13.8. The molecular formula is C14H19NO4. The molecule has 104 valence electrons. The zero-order valence-corrected chi connectivity index (χ0v) is 11.1. The van der Waals surface area contributed by atoms with Crippen LogP contribution < -0.4 is 0 Å². The van der Waals surface area contributed by atoms with E-state index in [2.05, 4.69) is 0 Å². The van der Waals surface area contributed by atoms with Crippen LogP contribution in [0, 0.1) is 0 Å². The van der Waals surface area contributed by atoms with Crippen molar-refractivity contribution in [3.63, 3.8) is 0 Å². The van der Waals surface area contributed by atoms with E-state index >= 15 is 0 Å². The summed E-state index contributed by atoms with van der Waals surface area (Å²) in [6.07, 6.45) is -2.42. The van der Waals surface area contributed by atoms with E-state index in [1.165, 1.54) is 4.90 Å². The average Bonchev–Trinajstić information content (AvgIpc) is 2.61. The molecule has 0 saturated carbocycles. The van der Waals surface area contributed by atoms with Crippen LogP contribution in [0.5, 0.6) is 0 Å². The first-order valence-corrected chi connectivity index (χ1v) is 6.27. The van der Waals surface area contributed by atoms with Gasteiger partial charge < -0.3 is 14.9 Å². The van der Waals surface area contributed by atoms with Gasteiger partial charge in [0.2, 0.25) is 0 Å². The molecule has 1 heterocycles. The number of aliphatic hydroxyl groups is 2. The number of nitrogens with zero attached hydrogens (tertiary/aromatic N) is 1. The van der Waals surface area contributed by atoms with Crippen molar-refractivity contribution in [1.29, 1.82) is 0 Å². The van der Waals surface area contributed by atoms with E-state index in [0.29, 0.717) is 0 Å². The van der Waals surface area contributed by atoms with Gasteiger partial charge in [-0.2, -0.15) is 0 Å². The van der Waals surface area contributed by atoms with Crippen molar-refractivity contribution in [2.45, 2.75) is 38.2 Å². The predicted octanol–water partition coefficient (Wildman–Crippen LogP) is 1.14. The topological polar surface area (TPSA) is 70.0 Å². The van der Waals surface area contributed by atoms with Crippen LogP contribution in [0.3, 0.4) is 0 Å². The van der Waals surface area contributed by atoms with E-state index in [0.717, 1.165) is 5.56 Å². The molecule has 0 unspecified atom stereocenters. The standard InChI is InChI=1S/C14H19NO4/c1-14(2)12(17)11(16)8-15(14)13(18)19-9-10-6-4-3-5-7-10/h3-7,11-12,16-17H,8-9H2,1-2H3/t11-,12-/m0/s1. The van der Waals surface area contributed by atoms with Gasteiger partial charge in [-0.05, 0) is 19.4 Å². The van der Waals surface area contributed by atoms with Crippen molar-refractivity contribution in [2.75, 3.05) is 6.54 Å². The Morgan fingerprint density at radius 1 is 1.37 bits per heavy atom. The number of aliphatic hydroxyl groups excluding tert-OH is 2. The van der Waals surface area contributed by atoms with Crippen LogP contribution in [-0.4, -0.2) is 45.5 Å². The maximum Gasteiger partial charge on any atom is 0.410 e. The molecule has 2 atom stereocenters. The van der Waals surface area contributed by atoms with Crippen LogP contribution >= 0.6 is 0 Å². The average molecular weight is 265 g/mol. The molecule has 5 heteroatoms. The number of amides is 1. The van der Waals surface area contributed by atoms with Crippen molar-refractivity contribution in [3.05, 3.63) is 35.9 Å². The van der Waals surface area contributed by atoms with Crippen LogP contribution in [0.1, 0.15) is 19.4 Å². The fourth-order valence-corrected chi connectivity index (χ4v) is 2.26. The first-order valence-electron chi connectivity index (χ1n) is 6.27. The minimum Gasteiger partial charge on any atom is -0.445 e. The smallest absolute Gasteiger partial charge is 0.410 e. The second-order valence-electron chi connectivity index (χ2n) is 5.32. The summed E-state index contributed by atoms with van der Waals surface area (Å²) < 4.78 is 5.21. The van der Waals surface area contributed by atoms with Crippen LogP contribution in [0.4, 0.5) is 4.79 Å². The Labute approximate surface area is 112 Å². The Morgan fingerprint density at radius 3 is 2.53 bits per heavy atom. The summed E-state index contributed by atoms with van der Waals surface area (Å²) in [5, 5.41) is 19.5. The van der Waals surface area contributed by atoms with Crippen LogP contribution in [0.15, 0.2) is 30.3 Å². The molecule has 0 aromatic heterocycles. The van der Waals surface area contributed by atoms with Gasteiger partial charge in [0.25, 0.3) is 0 Å².